The minimum absolute atomic E-state index is 0.0696. The number of nitrogens with one attached hydrogen (secondary N) is 2. The zero-order chi connectivity index (χ0) is 21.1. The first-order chi connectivity index (χ1) is 14.1. The van der Waals surface area contributed by atoms with Crippen molar-refractivity contribution < 1.29 is 28.5 Å². The molecule has 2 N–H and O–H groups in total. The molecule has 0 aliphatic heterocycles. The van der Waals surface area contributed by atoms with Crippen LogP contribution >= 0.6 is 0 Å². The average molecular weight is 402 g/mol. The number of hydrogen-bond acceptors (Lipinski definition) is 6. The number of ether oxygens (including phenoxy) is 4. The number of para-hydroxylation sites is 2. The minimum atomic E-state index is -0.494. The van der Waals surface area contributed by atoms with E-state index in [1.165, 1.54) is 7.11 Å². The Morgan fingerprint density at radius 3 is 2.10 bits per heavy atom. The molecule has 0 spiro atoms. The molecule has 8 heteroatoms. The van der Waals surface area contributed by atoms with E-state index >= 15 is 0 Å². The molecular weight excluding hydrogens is 376 g/mol. The second kappa shape index (κ2) is 11.4. The Hall–Kier alpha value is -3.42. The number of benzene rings is 2. The van der Waals surface area contributed by atoms with E-state index in [1.54, 1.807) is 42.5 Å². The molecule has 0 aliphatic rings. The molecule has 8 nitrogen and oxygen atoms in total. The van der Waals surface area contributed by atoms with E-state index in [0.717, 1.165) is 5.56 Å². The highest BCUT2D eigenvalue weighted by Gasteiger charge is 2.11. The molecule has 0 unspecified atom stereocenters. The van der Waals surface area contributed by atoms with Crippen LogP contribution in [0.4, 0.5) is 0 Å². The number of hydrazine groups is 1. The molecular formula is C21H26N2O6. The first-order valence-electron chi connectivity index (χ1n) is 9.29. The maximum Gasteiger partial charge on any atom is 0.276 e. The van der Waals surface area contributed by atoms with Crippen LogP contribution < -0.4 is 29.8 Å². The van der Waals surface area contributed by atoms with Gasteiger partial charge in [-0.3, -0.25) is 20.4 Å². The third-order valence-corrected chi connectivity index (χ3v) is 3.74. The number of rotatable bonds is 10. The number of amides is 2. The van der Waals surface area contributed by atoms with Gasteiger partial charge < -0.3 is 18.9 Å². The van der Waals surface area contributed by atoms with Crippen LogP contribution in [0.15, 0.2) is 42.5 Å². The van der Waals surface area contributed by atoms with Gasteiger partial charge in [-0.2, -0.15) is 0 Å². The Kier molecular flexibility index (Phi) is 8.62. The fourth-order valence-corrected chi connectivity index (χ4v) is 2.49. The molecule has 0 saturated carbocycles. The highest BCUT2D eigenvalue weighted by Crippen LogP contribution is 2.28. The van der Waals surface area contributed by atoms with Crippen molar-refractivity contribution in [3.63, 3.8) is 0 Å². The van der Waals surface area contributed by atoms with Crippen molar-refractivity contribution in [2.45, 2.75) is 20.3 Å². The molecule has 0 atom stereocenters. The van der Waals surface area contributed by atoms with Gasteiger partial charge in [0.05, 0.1) is 26.7 Å². The summed E-state index contributed by atoms with van der Waals surface area (Å²) in [6, 6.07) is 12.3. The Morgan fingerprint density at radius 1 is 0.793 bits per heavy atom. The van der Waals surface area contributed by atoms with Crippen LogP contribution in [-0.2, 0) is 16.0 Å². The van der Waals surface area contributed by atoms with Crippen molar-refractivity contribution in [1.82, 2.24) is 10.9 Å². The molecule has 0 aromatic heterocycles. The SMILES string of the molecule is CCOc1ccc(CC(=O)NNC(=O)COc2ccccc2OC)cc1OCC. The van der Waals surface area contributed by atoms with E-state index in [0.29, 0.717) is 36.2 Å². The van der Waals surface area contributed by atoms with Crippen molar-refractivity contribution in [2.24, 2.45) is 0 Å². The summed E-state index contributed by atoms with van der Waals surface area (Å²) in [6.45, 7) is 4.49. The second-order valence-corrected chi connectivity index (χ2v) is 5.86. The lowest BCUT2D eigenvalue weighted by Crippen LogP contribution is -2.44. The summed E-state index contributed by atoms with van der Waals surface area (Å²) in [4.78, 5) is 24.0. The average Bonchev–Trinajstić information content (AvgIpc) is 2.73. The molecule has 29 heavy (non-hydrogen) atoms. The van der Waals surface area contributed by atoms with Crippen LogP contribution in [0.25, 0.3) is 0 Å². The van der Waals surface area contributed by atoms with Gasteiger partial charge in [0.15, 0.2) is 29.6 Å². The Bertz CT molecular complexity index is 825. The standard InChI is InChI=1S/C21H26N2O6/c1-4-27-18-11-10-15(12-19(18)28-5-2)13-20(24)22-23-21(25)14-29-17-9-7-6-8-16(17)26-3/h6-12H,4-5,13-14H2,1-3H3,(H,22,24)(H,23,25). The molecule has 0 radical (unpaired) electrons. The van der Waals surface area contributed by atoms with E-state index in [9.17, 15) is 9.59 Å². The lowest BCUT2D eigenvalue weighted by atomic mass is 10.1. The topological polar surface area (TPSA) is 95.1 Å². The van der Waals surface area contributed by atoms with Crippen LogP contribution in [0.3, 0.4) is 0 Å². The fourth-order valence-electron chi connectivity index (χ4n) is 2.49. The van der Waals surface area contributed by atoms with Crippen LogP contribution in [-0.4, -0.2) is 38.7 Å². The fraction of sp³-hybridized carbons (Fsp3) is 0.333. The van der Waals surface area contributed by atoms with Crippen LogP contribution in [0.1, 0.15) is 19.4 Å². The minimum Gasteiger partial charge on any atom is -0.493 e. The van der Waals surface area contributed by atoms with Gasteiger partial charge in [0, 0.05) is 0 Å². The number of carbonyl (C=O) groups is 2. The normalized spacial score (nSPS) is 10.0. The second-order valence-electron chi connectivity index (χ2n) is 5.86. The molecule has 2 aromatic carbocycles. The predicted molar refractivity (Wildman–Crippen MR) is 107 cm³/mol. The smallest absolute Gasteiger partial charge is 0.276 e. The zero-order valence-corrected chi connectivity index (χ0v) is 16.8. The Morgan fingerprint density at radius 2 is 1.41 bits per heavy atom. The molecule has 0 bridgehead atoms. The van der Waals surface area contributed by atoms with Crippen molar-refractivity contribution in [3.8, 4) is 23.0 Å². The van der Waals surface area contributed by atoms with Crippen LogP contribution in [0.2, 0.25) is 0 Å². The maximum atomic E-state index is 12.1. The summed E-state index contributed by atoms with van der Waals surface area (Å²) in [5, 5.41) is 0. The van der Waals surface area contributed by atoms with Crippen LogP contribution in [0, 0.1) is 0 Å². The molecule has 2 rings (SSSR count). The van der Waals surface area contributed by atoms with Gasteiger partial charge in [0.2, 0.25) is 5.91 Å². The van der Waals surface area contributed by atoms with Gasteiger partial charge in [-0.15, -0.1) is 0 Å². The molecule has 0 heterocycles. The van der Waals surface area contributed by atoms with Gasteiger partial charge in [-0.05, 0) is 43.7 Å². The lowest BCUT2D eigenvalue weighted by Gasteiger charge is -2.13. The summed E-state index contributed by atoms with van der Waals surface area (Å²) >= 11 is 0. The van der Waals surface area contributed by atoms with E-state index in [1.807, 2.05) is 13.8 Å². The van der Waals surface area contributed by atoms with Gasteiger partial charge in [-0.25, -0.2) is 0 Å². The van der Waals surface area contributed by atoms with E-state index in [-0.39, 0.29) is 18.9 Å². The van der Waals surface area contributed by atoms with E-state index in [2.05, 4.69) is 10.9 Å². The molecule has 0 saturated heterocycles. The maximum absolute atomic E-state index is 12.1. The Balaban J connectivity index is 1.83. The van der Waals surface area contributed by atoms with Crippen LogP contribution in [0.5, 0.6) is 23.0 Å². The molecule has 2 amide bonds. The largest absolute Gasteiger partial charge is 0.493 e. The molecule has 0 aliphatic carbocycles. The highest BCUT2D eigenvalue weighted by atomic mass is 16.5. The molecule has 156 valence electrons. The lowest BCUT2D eigenvalue weighted by molar-refractivity contribution is -0.129. The first-order valence-corrected chi connectivity index (χ1v) is 9.29. The number of methoxy groups -OCH3 is 1. The zero-order valence-electron chi connectivity index (χ0n) is 16.8. The predicted octanol–water partition coefficient (Wildman–Crippen LogP) is 2.26. The van der Waals surface area contributed by atoms with Gasteiger partial charge in [0.25, 0.3) is 5.91 Å². The molecule has 0 fully saturated rings. The van der Waals surface area contributed by atoms with Gasteiger partial charge >= 0.3 is 0 Å². The summed E-state index contributed by atoms with van der Waals surface area (Å²) in [7, 11) is 1.51. The van der Waals surface area contributed by atoms with Crippen molar-refractivity contribution in [3.05, 3.63) is 48.0 Å². The summed E-state index contributed by atoms with van der Waals surface area (Å²) in [5.41, 5.74) is 5.42. The summed E-state index contributed by atoms with van der Waals surface area (Å²) in [5.74, 6) is 1.29. The number of carbonyl (C=O) groups excluding carboxylic acids is 2. The van der Waals surface area contributed by atoms with Crippen molar-refractivity contribution >= 4 is 11.8 Å². The van der Waals surface area contributed by atoms with Crippen molar-refractivity contribution in [2.75, 3.05) is 26.9 Å². The van der Waals surface area contributed by atoms with E-state index < -0.39 is 5.91 Å². The third kappa shape index (κ3) is 6.91. The monoisotopic (exact) mass is 402 g/mol. The summed E-state index contributed by atoms with van der Waals surface area (Å²) in [6.07, 6.45) is 0.0696. The highest BCUT2D eigenvalue weighted by molar-refractivity contribution is 5.84. The third-order valence-electron chi connectivity index (χ3n) is 3.74. The van der Waals surface area contributed by atoms with E-state index in [4.69, 9.17) is 18.9 Å². The van der Waals surface area contributed by atoms with Crippen molar-refractivity contribution in [1.29, 1.82) is 0 Å². The van der Waals surface area contributed by atoms with Gasteiger partial charge in [-0.1, -0.05) is 18.2 Å². The quantitative estimate of drug-likeness (QED) is 0.592. The van der Waals surface area contributed by atoms with Gasteiger partial charge in [0.1, 0.15) is 0 Å². The first kappa shape index (κ1) is 21.9. The molecule has 2 aromatic rings. The number of hydrogen-bond donors (Lipinski definition) is 2. The summed E-state index contributed by atoms with van der Waals surface area (Å²) < 4.78 is 21.6. The Labute approximate surface area is 170 Å².